The Hall–Kier alpha value is -1.55. The first-order valence-corrected chi connectivity index (χ1v) is 8.00. The largest absolute Gasteiger partial charge is 0.494 e. The highest BCUT2D eigenvalue weighted by atomic mass is 79.9. The van der Waals surface area contributed by atoms with E-state index in [0.29, 0.717) is 5.92 Å². The van der Waals surface area contributed by atoms with Gasteiger partial charge in [0.1, 0.15) is 10.4 Å². The Morgan fingerprint density at radius 3 is 2.52 bits per heavy atom. The van der Waals surface area contributed by atoms with Crippen molar-refractivity contribution >= 4 is 21.6 Å². The fourth-order valence-electron chi connectivity index (χ4n) is 1.80. The Kier molecular flexibility index (Phi) is 6.05. The van der Waals surface area contributed by atoms with Crippen molar-refractivity contribution in [3.05, 3.63) is 52.8 Å². The number of hydrogen-bond donors (Lipinski definition) is 1. The summed E-state index contributed by atoms with van der Waals surface area (Å²) >= 11 is 3.33. The molecule has 0 saturated heterocycles. The molecule has 0 aliphatic rings. The Morgan fingerprint density at radius 1 is 1.14 bits per heavy atom. The number of nitrogens with one attached hydrogen (secondary N) is 1. The van der Waals surface area contributed by atoms with Crippen molar-refractivity contribution in [1.29, 1.82) is 0 Å². The second-order valence-corrected chi connectivity index (χ2v) is 6.21. The fraction of sp³-hybridized carbons (Fsp3) is 0.353. The normalized spacial score (nSPS) is 10.7. The highest BCUT2D eigenvalue weighted by Gasteiger charge is 1.99. The number of rotatable bonds is 7. The Morgan fingerprint density at radius 2 is 1.90 bits per heavy atom. The lowest BCUT2D eigenvalue weighted by Gasteiger charge is -2.09. The highest BCUT2D eigenvalue weighted by Crippen LogP contribution is 2.15. The lowest BCUT2D eigenvalue weighted by atomic mass is 10.1. The highest BCUT2D eigenvalue weighted by molar-refractivity contribution is 9.10. The predicted molar refractivity (Wildman–Crippen MR) is 90.7 cm³/mol. The lowest BCUT2D eigenvalue weighted by molar-refractivity contribution is 0.289. The molecule has 0 aliphatic carbocycles. The van der Waals surface area contributed by atoms with E-state index in [1.54, 1.807) is 0 Å². The molecule has 21 heavy (non-hydrogen) atoms. The van der Waals surface area contributed by atoms with Crippen LogP contribution < -0.4 is 10.1 Å². The first-order valence-electron chi connectivity index (χ1n) is 7.20. The van der Waals surface area contributed by atoms with E-state index in [2.05, 4.69) is 52.2 Å². The number of hydrogen-bond acceptors (Lipinski definition) is 3. The van der Waals surface area contributed by atoms with Gasteiger partial charge in [0, 0.05) is 6.54 Å². The molecule has 1 heterocycles. The van der Waals surface area contributed by atoms with Crippen LogP contribution in [0.1, 0.15) is 25.8 Å². The van der Waals surface area contributed by atoms with E-state index in [-0.39, 0.29) is 0 Å². The number of ether oxygens (including phenoxy) is 1. The maximum Gasteiger partial charge on any atom is 0.119 e. The van der Waals surface area contributed by atoms with Crippen LogP contribution in [0.3, 0.4) is 0 Å². The maximum atomic E-state index is 5.71. The van der Waals surface area contributed by atoms with Gasteiger partial charge in [-0.2, -0.15) is 0 Å². The molecule has 0 saturated carbocycles. The van der Waals surface area contributed by atoms with E-state index in [9.17, 15) is 0 Å². The summed E-state index contributed by atoms with van der Waals surface area (Å²) in [7, 11) is 0. The second kappa shape index (κ2) is 8.03. The quantitative estimate of drug-likeness (QED) is 0.724. The zero-order chi connectivity index (χ0) is 15.1. The van der Waals surface area contributed by atoms with Crippen LogP contribution in [0.2, 0.25) is 0 Å². The van der Waals surface area contributed by atoms with E-state index in [1.165, 1.54) is 5.56 Å². The third-order valence-electron chi connectivity index (χ3n) is 3.11. The van der Waals surface area contributed by atoms with Gasteiger partial charge in [-0.05, 0) is 58.1 Å². The van der Waals surface area contributed by atoms with Gasteiger partial charge in [-0.15, -0.1) is 0 Å². The number of aromatic nitrogens is 1. The van der Waals surface area contributed by atoms with E-state index >= 15 is 0 Å². The van der Waals surface area contributed by atoms with Crippen molar-refractivity contribution in [3.63, 3.8) is 0 Å². The van der Waals surface area contributed by atoms with Crippen LogP contribution in [0, 0.1) is 5.92 Å². The molecule has 2 rings (SSSR count). The summed E-state index contributed by atoms with van der Waals surface area (Å²) in [6.45, 7) is 5.96. The third-order valence-corrected chi connectivity index (χ3v) is 3.58. The Balaban J connectivity index is 1.80. The summed E-state index contributed by atoms with van der Waals surface area (Å²) in [5.41, 5.74) is 2.23. The van der Waals surface area contributed by atoms with Crippen LogP contribution in [-0.2, 0) is 6.54 Å². The third kappa shape index (κ3) is 5.76. The van der Waals surface area contributed by atoms with E-state index in [0.717, 1.165) is 35.6 Å². The van der Waals surface area contributed by atoms with Crippen LogP contribution in [0.4, 0.5) is 5.69 Å². The molecule has 112 valence electrons. The van der Waals surface area contributed by atoms with Crippen LogP contribution in [-0.4, -0.2) is 11.6 Å². The van der Waals surface area contributed by atoms with Crippen LogP contribution in [0.15, 0.2) is 47.2 Å². The molecule has 0 radical (unpaired) electrons. The first-order chi connectivity index (χ1) is 10.1. The summed E-state index contributed by atoms with van der Waals surface area (Å²) in [6, 6.07) is 12.1. The molecule has 4 heteroatoms. The van der Waals surface area contributed by atoms with Crippen molar-refractivity contribution in [2.75, 3.05) is 11.9 Å². The molecule has 1 N–H and O–H groups in total. The molecule has 0 aliphatic heterocycles. The molecule has 0 spiro atoms. The second-order valence-electron chi connectivity index (χ2n) is 5.40. The van der Waals surface area contributed by atoms with Crippen molar-refractivity contribution < 1.29 is 4.74 Å². The molecule has 2 aromatic rings. The Labute approximate surface area is 134 Å². The summed E-state index contributed by atoms with van der Waals surface area (Å²) in [5.74, 6) is 1.61. The molecule has 1 aromatic carbocycles. The molecule has 1 aromatic heterocycles. The zero-order valence-corrected chi connectivity index (χ0v) is 14.1. The molecule has 0 atom stereocenters. The summed E-state index contributed by atoms with van der Waals surface area (Å²) in [6.07, 6.45) is 2.90. The van der Waals surface area contributed by atoms with Gasteiger partial charge in [0.15, 0.2) is 0 Å². The van der Waals surface area contributed by atoms with Crippen molar-refractivity contribution in [2.45, 2.75) is 26.8 Å². The van der Waals surface area contributed by atoms with Crippen LogP contribution in [0.5, 0.6) is 5.75 Å². The van der Waals surface area contributed by atoms with Crippen molar-refractivity contribution in [3.8, 4) is 5.75 Å². The van der Waals surface area contributed by atoms with Gasteiger partial charge in [-0.3, -0.25) is 0 Å². The van der Waals surface area contributed by atoms with Gasteiger partial charge in [0.25, 0.3) is 0 Å². The first kappa shape index (κ1) is 15.8. The van der Waals surface area contributed by atoms with Gasteiger partial charge in [0.2, 0.25) is 0 Å². The number of halogens is 1. The van der Waals surface area contributed by atoms with Crippen molar-refractivity contribution in [1.82, 2.24) is 4.98 Å². The molecule has 0 bridgehead atoms. The zero-order valence-electron chi connectivity index (χ0n) is 12.5. The minimum atomic E-state index is 0.674. The average Bonchev–Trinajstić information content (AvgIpc) is 2.48. The summed E-state index contributed by atoms with van der Waals surface area (Å²) < 4.78 is 6.56. The van der Waals surface area contributed by atoms with Gasteiger partial charge in [-0.25, -0.2) is 4.98 Å². The number of benzene rings is 1. The van der Waals surface area contributed by atoms with Gasteiger partial charge in [0.05, 0.1) is 18.5 Å². The predicted octanol–water partition coefficient (Wildman–Crippen LogP) is 4.88. The summed E-state index contributed by atoms with van der Waals surface area (Å²) in [4.78, 5) is 4.19. The number of pyridine rings is 1. The fourth-order valence-corrected chi connectivity index (χ4v) is 2.04. The van der Waals surface area contributed by atoms with Crippen molar-refractivity contribution in [2.24, 2.45) is 5.92 Å². The Bertz CT molecular complexity index is 538. The molecule has 0 amide bonds. The van der Waals surface area contributed by atoms with E-state index in [1.807, 2.05) is 30.5 Å². The summed E-state index contributed by atoms with van der Waals surface area (Å²) in [5, 5.41) is 3.34. The van der Waals surface area contributed by atoms with E-state index < -0.39 is 0 Å². The monoisotopic (exact) mass is 348 g/mol. The molecule has 0 fully saturated rings. The SMILES string of the molecule is CC(C)CCOc1ccc(CNc2ccc(Br)nc2)cc1. The average molecular weight is 349 g/mol. The van der Waals surface area contributed by atoms with E-state index in [4.69, 9.17) is 4.74 Å². The molecular weight excluding hydrogens is 328 g/mol. The van der Waals surface area contributed by atoms with Crippen LogP contribution in [0.25, 0.3) is 0 Å². The maximum absolute atomic E-state index is 5.71. The van der Waals surface area contributed by atoms with Gasteiger partial charge >= 0.3 is 0 Å². The topological polar surface area (TPSA) is 34.1 Å². The van der Waals surface area contributed by atoms with Gasteiger partial charge < -0.3 is 10.1 Å². The molecular formula is C17H21BrN2O. The lowest BCUT2D eigenvalue weighted by Crippen LogP contribution is -2.02. The minimum absolute atomic E-state index is 0.674. The number of anilines is 1. The van der Waals surface area contributed by atoms with Crippen LogP contribution >= 0.6 is 15.9 Å². The smallest absolute Gasteiger partial charge is 0.119 e. The minimum Gasteiger partial charge on any atom is -0.494 e. The number of nitrogens with zero attached hydrogens (tertiary/aromatic N) is 1. The standard InChI is InChI=1S/C17H21BrN2O/c1-13(2)9-10-21-16-6-3-14(4-7-16)11-19-15-5-8-17(18)20-12-15/h3-8,12-13,19H,9-11H2,1-2H3. The molecule has 0 unspecified atom stereocenters. The van der Waals surface area contributed by atoms with Gasteiger partial charge in [-0.1, -0.05) is 26.0 Å². The molecule has 3 nitrogen and oxygen atoms in total.